The SMILES string of the molecule is O=C(NCc1ccc(Br)s1)[C@@H]1Cc2ccccc2CN1. The molecule has 0 bridgehead atoms. The number of thiophene rings is 1. The molecule has 1 aliphatic rings. The summed E-state index contributed by atoms with van der Waals surface area (Å²) in [5, 5.41) is 6.30. The Morgan fingerprint density at radius 2 is 2.10 bits per heavy atom. The van der Waals surface area contributed by atoms with Crippen LogP contribution >= 0.6 is 27.3 Å². The molecule has 2 heterocycles. The Hall–Kier alpha value is -1.17. The van der Waals surface area contributed by atoms with E-state index in [9.17, 15) is 4.79 Å². The quantitative estimate of drug-likeness (QED) is 0.893. The molecule has 2 N–H and O–H groups in total. The predicted octanol–water partition coefficient (Wildman–Crippen LogP) is 2.84. The molecule has 3 rings (SSSR count). The molecule has 0 aliphatic carbocycles. The van der Waals surface area contributed by atoms with Gasteiger partial charge in [-0.15, -0.1) is 11.3 Å². The van der Waals surface area contributed by atoms with E-state index in [0.717, 1.165) is 21.6 Å². The molecule has 1 atom stereocenters. The van der Waals surface area contributed by atoms with Crippen LogP contribution in [0.3, 0.4) is 0 Å². The van der Waals surface area contributed by atoms with Gasteiger partial charge in [-0.25, -0.2) is 0 Å². The van der Waals surface area contributed by atoms with E-state index < -0.39 is 0 Å². The summed E-state index contributed by atoms with van der Waals surface area (Å²) in [5.74, 6) is 0.0732. The second-order valence-corrected chi connectivity index (χ2v) is 7.38. The maximum atomic E-state index is 12.2. The van der Waals surface area contributed by atoms with E-state index in [-0.39, 0.29) is 11.9 Å². The highest BCUT2D eigenvalue weighted by Gasteiger charge is 2.23. The van der Waals surface area contributed by atoms with Crippen LogP contribution in [-0.4, -0.2) is 11.9 Å². The van der Waals surface area contributed by atoms with Crippen LogP contribution in [0.4, 0.5) is 0 Å². The zero-order valence-corrected chi connectivity index (χ0v) is 13.3. The summed E-state index contributed by atoms with van der Waals surface area (Å²) in [6, 6.07) is 12.2. The lowest BCUT2D eigenvalue weighted by Gasteiger charge is -2.25. The molecule has 1 amide bonds. The summed E-state index contributed by atoms with van der Waals surface area (Å²) in [6.07, 6.45) is 0.760. The first-order valence-electron chi connectivity index (χ1n) is 6.54. The molecule has 5 heteroatoms. The van der Waals surface area contributed by atoms with Gasteiger partial charge in [-0.05, 0) is 45.6 Å². The van der Waals surface area contributed by atoms with E-state index in [1.165, 1.54) is 11.1 Å². The number of hydrogen-bond donors (Lipinski definition) is 2. The van der Waals surface area contributed by atoms with Crippen molar-refractivity contribution < 1.29 is 4.79 Å². The first-order chi connectivity index (χ1) is 9.72. The lowest BCUT2D eigenvalue weighted by molar-refractivity contribution is -0.123. The average molecular weight is 351 g/mol. The van der Waals surface area contributed by atoms with E-state index in [0.29, 0.717) is 6.54 Å². The number of halogens is 1. The summed E-state index contributed by atoms with van der Waals surface area (Å²) in [7, 11) is 0. The van der Waals surface area contributed by atoms with Crippen molar-refractivity contribution in [1.29, 1.82) is 0 Å². The van der Waals surface area contributed by atoms with E-state index in [4.69, 9.17) is 0 Å². The Morgan fingerprint density at radius 3 is 2.85 bits per heavy atom. The van der Waals surface area contributed by atoms with E-state index >= 15 is 0 Å². The smallest absolute Gasteiger partial charge is 0.237 e. The number of fused-ring (bicyclic) bond motifs is 1. The molecule has 104 valence electrons. The van der Waals surface area contributed by atoms with Gasteiger partial charge in [0.05, 0.1) is 16.4 Å². The van der Waals surface area contributed by atoms with Gasteiger partial charge in [-0.2, -0.15) is 0 Å². The van der Waals surface area contributed by atoms with Crippen molar-refractivity contribution in [3.05, 3.63) is 56.2 Å². The van der Waals surface area contributed by atoms with Crippen LogP contribution < -0.4 is 10.6 Å². The molecule has 1 aliphatic heterocycles. The monoisotopic (exact) mass is 350 g/mol. The molecule has 0 saturated heterocycles. The fraction of sp³-hybridized carbons (Fsp3) is 0.267. The maximum Gasteiger partial charge on any atom is 0.237 e. The summed E-state index contributed by atoms with van der Waals surface area (Å²) >= 11 is 5.07. The standard InChI is InChI=1S/C15H15BrN2OS/c16-14-6-5-12(20-14)9-18-15(19)13-7-10-3-1-2-4-11(10)8-17-13/h1-6,13,17H,7-9H2,(H,18,19)/t13-/m0/s1. The fourth-order valence-electron chi connectivity index (χ4n) is 2.38. The van der Waals surface area contributed by atoms with E-state index in [1.54, 1.807) is 11.3 Å². The van der Waals surface area contributed by atoms with Gasteiger partial charge in [0.1, 0.15) is 0 Å². The Labute approximate surface area is 130 Å². The van der Waals surface area contributed by atoms with Crippen molar-refractivity contribution in [3.8, 4) is 0 Å². The lowest BCUT2D eigenvalue weighted by Crippen LogP contribution is -2.47. The highest BCUT2D eigenvalue weighted by atomic mass is 79.9. The van der Waals surface area contributed by atoms with Crippen LogP contribution in [0, 0.1) is 0 Å². The number of carbonyl (C=O) groups excluding carboxylic acids is 1. The third-order valence-corrected chi connectivity index (χ3v) is 5.09. The van der Waals surface area contributed by atoms with Crippen molar-refractivity contribution in [2.75, 3.05) is 0 Å². The van der Waals surface area contributed by atoms with Gasteiger partial charge in [-0.1, -0.05) is 24.3 Å². The second kappa shape index (κ2) is 6.08. The second-order valence-electron chi connectivity index (χ2n) is 4.83. The van der Waals surface area contributed by atoms with Gasteiger partial charge in [0.2, 0.25) is 5.91 Å². The van der Waals surface area contributed by atoms with Crippen LogP contribution in [0.1, 0.15) is 16.0 Å². The highest BCUT2D eigenvalue weighted by Crippen LogP contribution is 2.22. The zero-order chi connectivity index (χ0) is 13.9. The Kier molecular flexibility index (Phi) is 4.19. The van der Waals surface area contributed by atoms with Crippen molar-refractivity contribution in [3.63, 3.8) is 0 Å². The van der Waals surface area contributed by atoms with Gasteiger partial charge in [0, 0.05) is 11.4 Å². The number of hydrogen-bond acceptors (Lipinski definition) is 3. The maximum absolute atomic E-state index is 12.2. The van der Waals surface area contributed by atoms with Crippen molar-refractivity contribution in [2.45, 2.75) is 25.6 Å². The molecule has 1 aromatic carbocycles. The largest absolute Gasteiger partial charge is 0.350 e. The molecule has 3 nitrogen and oxygen atoms in total. The minimum Gasteiger partial charge on any atom is -0.350 e. The summed E-state index contributed by atoms with van der Waals surface area (Å²) in [5.41, 5.74) is 2.56. The zero-order valence-electron chi connectivity index (χ0n) is 10.9. The predicted molar refractivity (Wildman–Crippen MR) is 84.6 cm³/mol. The number of rotatable bonds is 3. The molecule has 2 aromatic rings. The van der Waals surface area contributed by atoms with Crippen molar-refractivity contribution in [1.82, 2.24) is 10.6 Å². The number of amides is 1. The normalized spacial score (nSPS) is 17.6. The van der Waals surface area contributed by atoms with Crippen LogP contribution in [0.15, 0.2) is 40.2 Å². The van der Waals surface area contributed by atoms with Gasteiger partial charge in [0.15, 0.2) is 0 Å². The van der Waals surface area contributed by atoms with E-state index in [2.05, 4.69) is 38.7 Å². The number of carbonyl (C=O) groups is 1. The first kappa shape index (κ1) is 13.8. The molecule has 0 saturated carbocycles. The third-order valence-electron chi connectivity index (χ3n) is 3.46. The topological polar surface area (TPSA) is 41.1 Å². The van der Waals surface area contributed by atoms with Crippen LogP contribution in [0.5, 0.6) is 0 Å². The molecule has 0 spiro atoms. The van der Waals surface area contributed by atoms with Crippen LogP contribution in [-0.2, 0) is 24.3 Å². The molecular formula is C15H15BrN2OS. The Morgan fingerprint density at radius 1 is 1.30 bits per heavy atom. The minimum atomic E-state index is -0.131. The first-order valence-corrected chi connectivity index (χ1v) is 8.15. The molecule has 20 heavy (non-hydrogen) atoms. The van der Waals surface area contributed by atoms with Crippen LogP contribution in [0.25, 0.3) is 0 Å². The summed E-state index contributed by atoms with van der Waals surface area (Å²) < 4.78 is 1.09. The van der Waals surface area contributed by atoms with Crippen molar-refractivity contribution in [2.24, 2.45) is 0 Å². The lowest BCUT2D eigenvalue weighted by atomic mass is 9.95. The summed E-state index contributed by atoms with van der Waals surface area (Å²) in [6.45, 7) is 1.35. The summed E-state index contributed by atoms with van der Waals surface area (Å²) in [4.78, 5) is 13.4. The number of nitrogens with one attached hydrogen (secondary N) is 2. The molecule has 0 radical (unpaired) electrons. The van der Waals surface area contributed by atoms with Gasteiger partial charge in [0.25, 0.3) is 0 Å². The molecule has 1 aromatic heterocycles. The van der Waals surface area contributed by atoms with Crippen LogP contribution in [0.2, 0.25) is 0 Å². The van der Waals surface area contributed by atoms with Crippen molar-refractivity contribution >= 4 is 33.2 Å². The molecule has 0 unspecified atom stereocenters. The third kappa shape index (κ3) is 3.11. The van der Waals surface area contributed by atoms with Gasteiger partial charge < -0.3 is 10.6 Å². The molecule has 0 fully saturated rings. The average Bonchev–Trinajstić information content (AvgIpc) is 2.90. The van der Waals surface area contributed by atoms with Gasteiger partial charge in [-0.3, -0.25) is 4.79 Å². The molecular weight excluding hydrogens is 336 g/mol. The fourth-order valence-corrected chi connectivity index (χ4v) is 3.81. The van der Waals surface area contributed by atoms with Gasteiger partial charge >= 0.3 is 0 Å². The Balaban J connectivity index is 1.59. The Bertz CT molecular complexity index is 626. The number of benzene rings is 1. The minimum absolute atomic E-state index is 0.0732. The van der Waals surface area contributed by atoms with E-state index in [1.807, 2.05) is 24.3 Å². The highest BCUT2D eigenvalue weighted by molar-refractivity contribution is 9.11.